The molecule has 0 atom stereocenters. The van der Waals surface area contributed by atoms with E-state index in [2.05, 4.69) is 16.6 Å². The van der Waals surface area contributed by atoms with E-state index in [1.807, 2.05) is 36.4 Å². The summed E-state index contributed by atoms with van der Waals surface area (Å²) in [6, 6.07) is 18.3. The minimum absolute atomic E-state index is 0.201. The monoisotopic (exact) mass is 323 g/mol. The van der Waals surface area contributed by atoms with Gasteiger partial charge in [-0.2, -0.15) is 0 Å². The first kappa shape index (κ1) is 17.1. The van der Waals surface area contributed by atoms with Crippen LogP contribution in [-0.4, -0.2) is 25.3 Å². The average molecular weight is 323 g/mol. The second-order valence-electron chi connectivity index (χ2n) is 4.58. The van der Waals surface area contributed by atoms with Crippen LogP contribution in [0.2, 0.25) is 0 Å². The third-order valence-electron chi connectivity index (χ3n) is 2.95. The Labute approximate surface area is 140 Å². The third kappa shape index (κ3) is 4.89. The average Bonchev–Trinajstić information content (AvgIpc) is 2.61. The van der Waals surface area contributed by atoms with Crippen molar-refractivity contribution in [3.63, 3.8) is 0 Å². The molecule has 0 N–H and O–H groups in total. The fourth-order valence-corrected chi connectivity index (χ4v) is 1.95. The molecule has 0 saturated heterocycles. The van der Waals surface area contributed by atoms with Crippen LogP contribution in [0.4, 0.5) is 16.2 Å². The SMILES string of the molecule is CCOC(=O)C#CCOC(=O)N(c1ccccc1)c1ccccc1. The molecule has 0 saturated carbocycles. The molecular formula is C19H17NO4. The molecule has 0 unspecified atom stereocenters. The maximum atomic E-state index is 12.4. The summed E-state index contributed by atoms with van der Waals surface area (Å²) in [5.74, 6) is 4.07. The Morgan fingerprint density at radius 2 is 1.46 bits per heavy atom. The normalized spacial score (nSPS) is 9.38. The Hall–Kier alpha value is -3.26. The Morgan fingerprint density at radius 1 is 0.917 bits per heavy atom. The zero-order valence-electron chi connectivity index (χ0n) is 13.3. The summed E-state index contributed by atoms with van der Waals surface area (Å²) < 4.78 is 9.82. The molecule has 122 valence electrons. The van der Waals surface area contributed by atoms with Gasteiger partial charge in [0.15, 0.2) is 6.61 Å². The first-order valence-electron chi connectivity index (χ1n) is 7.45. The summed E-state index contributed by atoms with van der Waals surface area (Å²) in [6.07, 6.45) is -0.578. The summed E-state index contributed by atoms with van der Waals surface area (Å²) in [4.78, 5) is 25.0. The first-order valence-corrected chi connectivity index (χ1v) is 7.45. The molecule has 0 fully saturated rings. The standard InChI is InChI=1S/C19H17NO4/c1-2-23-18(21)14-9-15-24-19(22)20(16-10-5-3-6-11-16)17-12-7-4-8-13-17/h3-8,10-13H,2,15H2,1H3. The lowest BCUT2D eigenvalue weighted by atomic mass is 10.2. The summed E-state index contributed by atoms with van der Waals surface area (Å²) in [6.45, 7) is 1.74. The summed E-state index contributed by atoms with van der Waals surface area (Å²) in [5.41, 5.74) is 1.35. The number of rotatable bonds is 4. The van der Waals surface area contributed by atoms with E-state index >= 15 is 0 Å². The van der Waals surface area contributed by atoms with E-state index in [4.69, 9.17) is 4.74 Å². The van der Waals surface area contributed by atoms with E-state index in [1.165, 1.54) is 4.90 Å². The highest BCUT2D eigenvalue weighted by Crippen LogP contribution is 2.25. The Balaban J connectivity index is 2.10. The van der Waals surface area contributed by atoms with Crippen LogP contribution in [-0.2, 0) is 14.3 Å². The molecule has 2 rings (SSSR count). The first-order chi connectivity index (χ1) is 11.7. The van der Waals surface area contributed by atoms with E-state index in [9.17, 15) is 9.59 Å². The molecule has 0 heterocycles. The van der Waals surface area contributed by atoms with Gasteiger partial charge in [0.1, 0.15) is 0 Å². The van der Waals surface area contributed by atoms with Crippen molar-refractivity contribution in [1.82, 2.24) is 0 Å². The van der Waals surface area contributed by atoms with Gasteiger partial charge in [-0.1, -0.05) is 36.4 Å². The maximum Gasteiger partial charge on any atom is 0.419 e. The van der Waals surface area contributed by atoms with Crippen LogP contribution in [0.1, 0.15) is 6.92 Å². The summed E-state index contributed by atoms with van der Waals surface area (Å²) >= 11 is 0. The number of amides is 1. The van der Waals surface area contributed by atoms with Gasteiger partial charge in [-0.05, 0) is 37.1 Å². The molecule has 1 amide bonds. The van der Waals surface area contributed by atoms with Crippen LogP contribution >= 0.6 is 0 Å². The molecule has 5 heteroatoms. The Kier molecular flexibility index (Phi) is 6.42. The van der Waals surface area contributed by atoms with Crippen molar-refractivity contribution < 1.29 is 19.1 Å². The molecule has 2 aromatic rings. The van der Waals surface area contributed by atoms with Gasteiger partial charge >= 0.3 is 12.1 Å². The number of carbonyl (C=O) groups excluding carboxylic acids is 2. The molecular weight excluding hydrogens is 306 g/mol. The van der Waals surface area contributed by atoms with Crippen molar-refractivity contribution in [1.29, 1.82) is 0 Å². The molecule has 0 aliphatic rings. The number of hydrogen-bond acceptors (Lipinski definition) is 4. The highest BCUT2D eigenvalue weighted by molar-refractivity contribution is 5.96. The van der Waals surface area contributed by atoms with E-state index in [0.29, 0.717) is 11.4 Å². The Bertz CT molecular complexity index is 693. The predicted octanol–water partition coefficient (Wildman–Crippen LogP) is 3.53. The van der Waals surface area contributed by atoms with Gasteiger partial charge in [0.05, 0.1) is 18.0 Å². The van der Waals surface area contributed by atoms with Crippen LogP contribution in [0.15, 0.2) is 60.7 Å². The number of esters is 1. The minimum Gasteiger partial charge on any atom is -0.456 e. The van der Waals surface area contributed by atoms with Gasteiger partial charge in [-0.3, -0.25) is 0 Å². The van der Waals surface area contributed by atoms with Gasteiger partial charge in [-0.25, -0.2) is 14.5 Å². The largest absolute Gasteiger partial charge is 0.456 e. The van der Waals surface area contributed by atoms with Crippen LogP contribution in [0.3, 0.4) is 0 Å². The molecule has 0 aromatic heterocycles. The maximum absolute atomic E-state index is 12.4. The molecule has 0 spiro atoms. The van der Waals surface area contributed by atoms with Crippen LogP contribution < -0.4 is 4.90 Å². The minimum atomic E-state index is -0.642. The van der Waals surface area contributed by atoms with Crippen LogP contribution in [0.5, 0.6) is 0 Å². The molecule has 0 aliphatic heterocycles. The van der Waals surface area contributed by atoms with Gasteiger partial charge < -0.3 is 9.47 Å². The zero-order chi connectivity index (χ0) is 17.2. The lowest BCUT2D eigenvalue weighted by Gasteiger charge is -2.21. The van der Waals surface area contributed by atoms with Gasteiger partial charge in [0, 0.05) is 5.92 Å². The zero-order valence-corrected chi connectivity index (χ0v) is 13.3. The van der Waals surface area contributed by atoms with E-state index < -0.39 is 12.1 Å². The topological polar surface area (TPSA) is 55.8 Å². The van der Waals surface area contributed by atoms with Crippen molar-refractivity contribution in [2.75, 3.05) is 18.1 Å². The summed E-state index contributed by atoms with van der Waals surface area (Å²) in [5, 5.41) is 0. The second-order valence-corrected chi connectivity index (χ2v) is 4.58. The lowest BCUT2D eigenvalue weighted by molar-refractivity contribution is -0.136. The molecule has 24 heavy (non-hydrogen) atoms. The molecule has 2 aromatic carbocycles. The van der Waals surface area contributed by atoms with Crippen molar-refractivity contribution in [3.05, 3.63) is 60.7 Å². The number of benzene rings is 2. The van der Waals surface area contributed by atoms with Crippen LogP contribution in [0, 0.1) is 11.8 Å². The number of hydrogen-bond donors (Lipinski definition) is 0. The molecule has 0 bridgehead atoms. The lowest BCUT2D eigenvalue weighted by Crippen LogP contribution is -2.26. The number of para-hydroxylation sites is 2. The van der Waals surface area contributed by atoms with Crippen LogP contribution in [0.25, 0.3) is 0 Å². The van der Waals surface area contributed by atoms with Crippen molar-refractivity contribution >= 4 is 23.4 Å². The van der Waals surface area contributed by atoms with Crippen molar-refractivity contribution in [3.8, 4) is 11.8 Å². The van der Waals surface area contributed by atoms with Crippen molar-refractivity contribution in [2.45, 2.75) is 6.92 Å². The van der Waals surface area contributed by atoms with E-state index in [0.717, 1.165) is 0 Å². The Morgan fingerprint density at radius 3 is 1.96 bits per heavy atom. The number of anilines is 2. The van der Waals surface area contributed by atoms with Gasteiger partial charge in [-0.15, -0.1) is 0 Å². The highest BCUT2D eigenvalue weighted by atomic mass is 16.6. The number of ether oxygens (including phenoxy) is 2. The fourth-order valence-electron chi connectivity index (χ4n) is 1.95. The predicted molar refractivity (Wildman–Crippen MR) is 90.8 cm³/mol. The van der Waals surface area contributed by atoms with Gasteiger partial charge in [0.2, 0.25) is 0 Å². The van der Waals surface area contributed by atoms with E-state index in [1.54, 1.807) is 31.2 Å². The molecule has 0 radical (unpaired) electrons. The van der Waals surface area contributed by atoms with Crippen molar-refractivity contribution in [2.24, 2.45) is 0 Å². The smallest absolute Gasteiger partial charge is 0.419 e. The fraction of sp³-hybridized carbons (Fsp3) is 0.158. The number of nitrogens with zero attached hydrogens (tertiary/aromatic N) is 1. The summed E-state index contributed by atoms with van der Waals surface area (Å²) in [7, 11) is 0. The van der Waals surface area contributed by atoms with Gasteiger partial charge in [0.25, 0.3) is 0 Å². The number of carbonyl (C=O) groups is 2. The third-order valence-corrected chi connectivity index (χ3v) is 2.95. The molecule has 0 aliphatic carbocycles. The van der Waals surface area contributed by atoms with E-state index in [-0.39, 0.29) is 13.2 Å². The highest BCUT2D eigenvalue weighted by Gasteiger charge is 2.18. The molecule has 5 nitrogen and oxygen atoms in total. The second kappa shape index (κ2) is 9.01. The quantitative estimate of drug-likeness (QED) is 0.491.